The van der Waals surface area contributed by atoms with Crippen molar-refractivity contribution in [2.75, 3.05) is 31.6 Å². The van der Waals surface area contributed by atoms with Gasteiger partial charge >= 0.3 is 0 Å². The minimum absolute atomic E-state index is 0.0881. The van der Waals surface area contributed by atoms with Gasteiger partial charge in [0.05, 0.1) is 13.1 Å². The maximum Gasteiger partial charge on any atom is 0.225 e. The third-order valence-electron chi connectivity index (χ3n) is 5.84. The fourth-order valence-corrected chi connectivity index (χ4v) is 4.05. The molecule has 1 aromatic rings. The summed E-state index contributed by atoms with van der Waals surface area (Å²) < 4.78 is 6.07. The van der Waals surface area contributed by atoms with Crippen molar-refractivity contribution in [2.24, 2.45) is 11.8 Å². The number of likely N-dealkylation sites (tertiary alicyclic amines) is 1. The van der Waals surface area contributed by atoms with Crippen LogP contribution in [-0.4, -0.2) is 52.6 Å². The average Bonchev–Trinajstić information content (AvgIpc) is 2.90. The number of amides is 1. The van der Waals surface area contributed by atoms with E-state index in [2.05, 4.69) is 15.3 Å². The largest absolute Gasteiger partial charge is 0.371 e. The Kier molecular flexibility index (Phi) is 4.16. The lowest BCUT2D eigenvalue weighted by Crippen LogP contribution is -2.67. The van der Waals surface area contributed by atoms with Crippen LogP contribution >= 0.6 is 0 Å². The van der Waals surface area contributed by atoms with Gasteiger partial charge in [0.15, 0.2) is 0 Å². The highest BCUT2D eigenvalue weighted by atomic mass is 16.5. The number of aromatic nitrogens is 2. The molecule has 1 N–H and O–H groups in total. The van der Waals surface area contributed by atoms with Gasteiger partial charge in [-0.2, -0.15) is 0 Å². The van der Waals surface area contributed by atoms with E-state index >= 15 is 0 Å². The number of carbonyl (C=O) groups is 1. The Hall–Kier alpha value is -1.69. The first-order valence-corrected chi connectivity index (χ1v) is 9.11. The monoisotopic (exact) mass is 330 g/mol. The van der Waals surface area contributed by atoms with Crippen LogP contribution in [0.3, 0.4) is 0 Å². The predicted octanol–water partition coefficient (Wildman–Crippen LogP) is 2.00. The molecular weight excluding hydrogens is 304 g/mol. The van der Waals surface area contributed by atoms with Crippen molar-refractivity contribution in [2.45, 2.75) is 44.6 Å². The van der Waals surface area contributed by atoms with Crippen LogP contribution in [0.15, 0.2) is 12.4 Å². The molecule has 1 aliphatic carbocycles. The molecule has 6 heteroatoms. The second-order valence-electron chi connectivity index (χ2n) is 7.52. The molecule has 1 amide bonds. The van der Waals surface area contributed by atoms with Crippen molar-refractivity contribution in [1.29, 1.82) is 0 Å². The zero-order valence-electron chi connectivity index (χ0n) is 14.3. The molecule has 24 heavy (non-hydrogen) atoms. The zero-order valence-corrected chi connectivity index (χ0v) is 14.3. The van der Waals surface area contributed by atoms with Gasteiger partial charge < -0.3 is 15.0 Å². The van der Waals surface area contributed by atoms with E-state index in [0.29, 0.717) is 23.7 Å². The van der Waals surface area contributed by atoms with Crippen molar-refractivity contribution in [3.05, 3.63) is 18.0 Å². The lowest BCUT2D eigenvalue weighted by Gasteiger charge is -2.51. The molecule has 0 radical (unpaired) electrons. The number of rotatable bonds is 5. The van der Waals surface area contributed by atoms with Crippen LogP contribution in [-0.2, 0) is 9.53 Å². The molecule has 3 fully saturated rings. The van der Waals surface area contributed by atoms with Gasteiger partial charge in [0.25, 0.3) is 0 Å². The minimum Gasteiger partial charge on any atom is -0.371 e. The van der Waals surface area contributed by atoms with Gasteiger partial charge in [0, 0.05) is 31.5 Å². The lowest BCUT2D eigenvalue weighted by atomic mass is 9.76. The van der Waals surface area contributed by atoms with Gasteiger partial charge in [-0.3, -0.25) is 4.79 Å². The molecule has 2 aliphatic heterocycles. The van der Waals surface area contributed by atoms with Crippen molar-refractivity contribution in [3.63, 3.8) is 0 Å². The van der Waals surface area contributed by atoms with Crippen molar-refractivity contribution < 1.29 is 9.53 Å². The van der Waals surface area contributed by atoms with Gasteiger partial charge in [-0.05, 0) is 44.1 Å². The number of ether oxygens (including phenoxy) is 1. The number of hydrogen-bond donors (Lipinski definition) is 1. The SMILES string of the molecule is Cc1cnc(NCC[C@@H]2CCOC23CN(C(=O)C2CCC2)C3)nc1. The van der Waals surface area contributed by atoms with E-state index in [1.807, 2.05) is 24.2 Å². The highest BCUT2D eigenvalue weighted by Crippen LogP contribution is 2.43. The summed E-state index contributed by atoms with van der Waals surface area (Å²) in [5.41, 5.74) is 0.976. The summed E-state index contributed by atoms with van der Waals surface area (Å²) >= 11 is 0. The van der Waals surface area contributed by atoms with E-state index < -0.39 is 0 Å². The first kappa shape index (κ1) is 15.8. The lowest BCUT2D eigenvalue weighted by molar-refractivity contribution is -0.171. The number of nitrogens with zero attached hydrogens (tertiary/aromatic N) is 3. The molecular formula is C18H26N4O2. The third kappa shape index (κ3) is 2.88. The summed E-state index contributed by atoms with van der Waals surface area (Å²) in [6.07, 6.45) is 9.13. The zero-order chi connectivity index (χ0) is 16.6. The average molecular weight is 330 g/mol. The van der Waals surface area contributed by atoms with Gasteiger partial charge in [-0.15, -0.1) is 0 Å². The summed E-state index contributed by atoms with van der Waals surface area (Å²) in [5, 5.41) is 3.30. The minimum atomic E-state index is -0.0881. The summed E-state index contributed by atoms with van der Waals surface area (Å²) in [5.74, 6) is 1.85. The van der Waals surface area contributed by atoms with Gasteiger partial charge in [0.1, 0.15) is 5.60 Å². The molecule has 3 heterocycles. The fourth-order valence-electron chi connectivity index (χ4n) is 4.05. The Labute approximate surface area is 143 Å². The van der Waals surface area contributed by atoms with Crippen molar-refractivity contribution in [1.82, 2.24) is 14.9 Å². The van der Waals surface area contributed by atoms with E-state index in [4.69, 9.17) is 4.74 Å². The highest BCUT2D eigenvalue weighted by molar-refractivity contribution is 5.80. The standard InChI is InChI=1S/C18H26N4O2/c1-13-9-20-17(21-10-13)19-7-5-15-6-8-24-18(15)11-22(12-18)16(23)14-3-2-4-14/h9-10,14-15H,2-8,11-12H2,1H3,(H,19,20,21)/t15-/m1/s1. The van der Waals surface area contributed by atoms with E-state index in [0.717, 1.165) is 57.5 Å². The first-order valence-electron chi connectivity index (χ1n) is 9.11. The van der Waals surface area contributed by atoms with Crippen LogP contribution in [0.4, 0.5) is 5.95 Å². The molecule has 4 rings (SSSR count). The fraction of sp³-hybridized carbons (Fsp3) is 0.722. The maximum atomic E-state index is 12.3. The number of anilines is 1. The molecule has 6 nitrogen and oxygen atoms in total. The normalized spacial score (nSPS) is 25.4. The number of carbonyl (C=O) groups excluding carboxylic acids is 1. The number of aryl methyl sites for hydroxylation is 1. The molecule has 2 saturated heterocycles. The topological polar surface area (TPSA) is 67.4 Å². The van der Waals surface area contributed by atoms with E-state index in [1.165, 1.54) is 6.42 Å². The van der Waals surface area contributed by atoms with Crippen LogP contribution < -0.4 is 5.32 Å². The molecule has 130 valence electrons. The van der Waals surface area contributed by atoms with E-state index in [-0.39, 0.29) is 5.60 Å². The van der Waals surface area contributed by atoms with Crippen molar-refractivity contribution in [3.8, 4) is 0 Å². The molecule has 0 unspecified atom stereocenters. The van der Waals surface area contributed by atoms with Crippen LogP contribution in [0.1, 0.15) is 37.7 Å². The van der Waals surface area contributed by atoms with E-state index in [1.54, 1.807) is 0 Å². The first-order chi connectivity index (χ1) is 11.7. The van der Waals surface area contributed by atoms with Crippen molar-refractivity contribution >= 4 is 11.9 Å². The number of nitrogens with one attached hydrogen (secondary N) is 1. The maximum absolute atomic E-state index is 12.3. The molecule has 1 aromatic heterocycles. The summed E-state index contributed by atoms with van der Waals surface area (Å²) in [6, 6.07) is 0. The van der Waals surface area contributed by atoms with Gasteiger partial charge in [0.2, 0.25) is 11.9 Å². The third-order valence-corrected chi connectivity index (χ3v) is 5.84. The van der Waals surface area contributed by atoms with Crippen LogP contribution in [0.5, 0.6) is 0 Å². The Morgan fingerprint density at radius 1 is 1.33 bits per heavy atom. The van der Waals surface area contributed by atoms with Gasteiger partial charge in [-0.1, -0.05) is 6.42 Å². The molecule has 0 aromatic carbocycles. The highest BCUT2D eigenvalue weighted by Gasteiger charge is 2.54. The molecule has 1 spiro atoms. The van der Waals surface area contributed by atoms with Gasteiger partial charge in [-0.25, -0.2) is 9.97 Å². The molecule has 0 bridgehead atoms. The van der Waals surface area contributed by atoms with Crippen LogP contribution in [0.25, 0.3) is 0 Å². The molecule has 3 aliphatic rings. The summed E-state index contributed by atoms with van der Waals surface area (Å²) in [7, 11) is 0. The smallest absolute Gasteiger partial charge is 0.225 e. The second kappa shape index (κ2) is 6.31. The Bertz CT molecular complexity index is 594. The van der Waals surface area contributed by atoms with Crippen LogP contribution in [0.2, 0.25) is 0 Å². The molecule has 1 atom stereocenters. The summed E-state index contributed by atoms with van der Waals surface area (Å²) in [6.45, 7) is 5.21. The Balaban J connectivity index is 1.26. The second-order valence-corrected chi connectivity index (χ2v) is 7.52. The van der Waals surface area contributed by atoms with Crippen LogP contribution in [0, 0.1) is 18.8 Å². The number of hydrogen-bond acceptors (Lipinski definition) is 5. The summed E-state index contributed by atoms with van der Waals surface area (Å²) in [4.78, 5) is 22.9. The quantitative estimate of drug-likeness (QED) is 0.894. The Morgan fingerprint density at radius 2 is 2.08 bits per heavy atom. The van der Waals surface area contributed by atoms with E-state index in [9.17, 15) is 4.79 Å². The molecule has 1 saturated carbocycles. The predicted molar refractivity (Wildman–Crippen MR) is 90.6 cm³/mol. The Morgan fingerprint density at radius 3 is 2.75 bits per heavy atom.